The number of hydrogen-bond donors (Lipinski definition) is 1. The van der Waals surface area contributed by atoms with Crippen LogP contribution in [0.25, 0.3) is 0 Å². The Balaban J connectivity index is 2.63. The molecule has 0 saturated carbocycles. The van der Waals surface area contributed by atoms with E-state index in [-0.39, 0.29) is 0 Å². The Morgan fingerprint density at radius 2 is 2.36 bits per heavy atom. The van der Waals surface area contributed by atoms with Crippen LogP contribution in [0, 0.1) is 0 Å². The van der Waals surface area contributed by atoms with Crippen molar-refractivity contribution in [3.8, 4) is 0 Å². The molecule has 1 aliphatic rings. The van der Waals surface area contributed by atoms with Gasteiger partial charge in [-0.05, 0) is 14.0 Å². The van der Waals surface area contributed by atoms with Gasteiger partial charge in [0.2, 0.25) is 0 Å². The summed E-state index contributed by atoms with van der Waals surface area (Å²) in [4.78, 5) is 12.6. The molecule has 0 aromatic carbocycles. The molecule has 0 aromatic rings. The maximum atomic E-state index is 10.7. The van der Waals surface area contributed by atoms with Crippen LogP contribution in [0.2, 0.25) is 0 Å². The van der Waals surface area contributed by atoms with Gasteiger partial charge in [0.05, 0.1) is 6.61 Å². The van der Waals surface area contributed by atoms with E-state index < -0.39 is 11.6 Å². The lowest BCUT2D eigenvalue weighted by molar-refractivity contribution is -0.173. The zero-order valence-corrected chi connectivity index (χ0v) is 6.83. The second kappa shape index (κ2) is 2.79. The Labute approximate surface area is 65.8 Å². The Morgan fingerprint density at radius 3 is 2.73 bits per heavy atom. The van der Waals surface area contributed by atoms with Crippen LogP contribution in [0.5, 0.6) is 0 Å². The van der Waals surface area contributed by atoms with Gasteiger partial charge in [0.1, 0.15) is 0 Å². The minimum atomic E-state index is -1.01. The monoisotopic (exact) mass is 159 g/mol. The van der Waals surface area contributed by atoms with E-state index in [0.29, 0.717) is 13.2 Å². The third kappa shape index (κ3) is 1.70. The molecule has 0 bridgehead atoms. The predicted octanol–water partition coefficient (Wildman–Crippen LogP) is -0.208. The molecule has 1 fully saturated rings. The lowest BCUT2D eigenvalue weighted by Crippen LogP contribution is -2.53. The molecular formula is C7H13NO3. The van der Waals surface area contributed by atoms with Gasteiger partial charge in [-0.25, -0.2) is 4.79 Å². The summed E-state index contributed by atoms with van der Waals surface area (Å²) in [5.74, 6) is -0.885. The molecule has 64 valence electrons. The zero-order chi connectivity index (χ0) is 8.48. The largest absolute Gasteiger partial charge is 0.479 e. The fourth-order valence-electron chi connectivity index (χ4n) is 1.20. The van der Waals surface area contributed by atoms with Gasteiger partial charge in [-0.2, -0.15) is 0 Å². The molecule has 1 rings (SSSR count). The van der Waals surface area contributed by atoms with Crippen molar-refractivity contribution in [2.45, 2.75) is 12.5 Å². The van der Waals surface area contributed by atoms with Gasteiger partial charge >= 0.3 is 5.97 Å². The molecule has 1 atom stereocenters. The molecule has 1 heterocycles. The van der Waals surface area contributed by atoms with Crippen molar-refractivity contribution < 1.29 is 14.6 Å². The third-order valence-electron chi connectivity index (χ3n) is 1.92. The standard InChI is InChI=1S/C7H13NO3/c1-7(6(9)10)5-8(2)3-4-11-7/h3-5H2,1-2H3,(H,9,10). The van der Waals surface area contributed by atoms with Gasteiger partial charge in [0, 0.05) is 13.1 Å². The van der Waals surface area contributed by atoms with Crippen molar-refractivity contribution in [2.75, 3.05) is 26.7 Å². The van der Waals surface area contributed by atoms with E-state index in [1.165, 1.54) is 0 Å². The van der Waals surface area contributed by atoms with Crippen LogP contribution in [0.15, 0.2) is 0 Å². The van der Waals surface area contributed by atoms with Gasteiger partial charge in [-0.3, -0.25) is 0 Å². The number of carboxylic acid groups (broad SMARTS) is 1. The summed E-state index contributed by atoms with van der Waals surface area (Å²) in [6, 6.07) is 0. The number of carbonyl (C=O) groups is 1. The Bertz CT molecular complexity index is 171. The highest BCUT2D eigenvalue weighted by Gasteiger charge is 2.37. The van der Waals surface area contributed by atoms with E-state index in [4.69, 9.17) is 9.84 Å². The average Bonchev–Trinajstić information content (AvgIpc) is 1.86. The normalized spacial score (nSPS) is 33.6. The number of carboxylic acids is 1. The second-order valence-corrected chi connectivity index (χ2v) is 3.12. The van der Waals surface area contributed by atoms with E-state index in [1.807, 2.05) is 11.9 Å². The number of likely N-dealkylation sites (N-methyl/N-ethyl adjacent to an activating group) is 1. The molecule has 1 N–H and O–H groups in total. The highest BCUT2D eigenvalue weighted by atomic mass is 16.5. The highest BCUT2D eigenvalue weighted by molar-refractivity contribution is 5.77. The molecule has 1 unspecified atom stereocenters. The topological polar surface area (TPSA) is 49.8 Å². The summed E-state index contributed by atoms with van der Waals surface area (Å²) in [5.41, 5.74) is -1.01. The van der Waals surface area contributed by atoms with Crippen LogP contribution in [-0.4, -0.2) is 48.3 Å². The van der Waals surface area contributed by atoms with Crippen LogP contribution in [0.1, 0.15) is 6.92 Å². The molecule has 1 aliphatic heterocycles. The van der Waals surface area contributed by atoms with Crippen molar-refractivity contribution in [3.05, 3.63) is 0 Å². The van der Waals surface area contributed by atoms with E-state index in [2.05, 4.69) is 0 Å². The number of morpholine rings is 1. The number of ether oxygens (including phenoxy) is 1. The molecular weight excluding hydrogens is 146 g/mol. The highest BCUT2D eigenvalue weighted by Crippen LogP contribution is 2.16. The maximum Gasteiger partial charge on any atom is 0.337 e. The zero-order valence-electron chi connectivity index (χ0n) is 6.83. The molecule has 11 heavy (non-hydrogen) atoms. The van der Waals surface area contributed by atoms with Gasteiger partial charge in [-0.1, -0.05) is 0 Å². The van der Waals surface area contributed by atoms with Gasteiger partial charge < -0.3 is 14.7 Å². The van der Waals surface area contributed by atoms with Crippen LogP contribution in [-0.2, 0) is 9.53 Å². The molecule has 0 spiro atoms. The molecule has 4 heteroatoms. The Hall–Kier alpha value is -0.610. The lowest BCUT2D eigenvalue weighted by Gasteiger charge is -2.35. The van der Waals surface area contributed by atoms with Crippen LogP contribution < -0.4 is 0 Å². The molecule has 0 aromatic heterocycles. The molecule has 0 radical (unpaired) electrons. The van der Waals surface area contributed by atoms with Crippen molar-refractivity contribution in [3.63, 3.8) is 0 Å². The first kappa shape index (κ1) is 8.49. The van der Waals surface area contributed by atoms with Gasteiger partial charge in [0.25, 0.3) is 0 Å². The molecule has 0 amide bonds. The average molecular weight is 159 g/mol. The first-order valence-corrected chi connectivity index (χ1v) is 3.60. The van der Waals surface area contributed by atoms with Crippen LogP contribution >= 0.6 is 0 Å². The first-order valence-electron chi connectivity index (χ1n) is 3.60. The predicted molar refractivity (Wildman–Crippen MR) is 39.5 cm³/mol. The van der Waals surface area contributed by atoms with E-state index >= 15 is 0 Å². The number of aliphatic carboxylic acids is 1. The van der Waals surface area contributed by atoms with Gasteiger partial charge in [0.15, 0.2) is 5.60 Å². The third-order valence-corrected chi connectivity index (χ3v) is 1.92. The smallest absolute Gasteiger partial charge is 0.337 e. The van der Waals surface area contributed by atoms with Gasteiger partial charge in [-0.15, -0.1) is 0 Å². The summed E-state index contributed by atoms with van der Waals surface area (Å²) in [6.07, 6.45) is 0. The number of hydrogen-bond acceptors (Lipinski definition) is 3. The molecule has 0 aliphatic carbocycles. The Kier molecular flexibility index (Phi) is 2.15. The van der Waals surface area contributed by atoms with Crippen molar-refractivity contribution >= 4 is 5.97 Å². The maximum absolute atomic E-state index is 10.7. The van der Waals surface area contributed by atoms with E-state index in [9.17, 15) is 4.79 Å². The SMILES string of the molecule is CN1CCOC(C)(C(=O)O)C1. The summed E-state index contributed by atoms with van der Waals surface area (Å²) in [5, 5.41) is 8.76. The summed E-state index contributed by atoms with van der Waals surface area (Å²) in [6.45, 7) is 3.37. The fourth-order valence-corrected chi connectivity index (χ4v) is 1.20. The second-order valence-electron chi connectivity index (χ2n) is 3.12. The van der Waals surface area contributed by atoms with Crippen molar-refractivity contribution in [1.82, 2.24) is 4.90 Å². The minimum Gasteiger partial charge on any atom is -0.479 e. The number of nitrogens with zero attached hydrogens (tertiary/aromatic N) is 1. The van der Waals surface area contributed by atoms with Crippen molar-refractivity contribution in [2.24, 2.45) is 0 Å². The van der Waals surface area contributed by atoms with E-state index in [0.717, 1.165) is 6.54 Å². The summed E-state index contributed by atoms with van der Waals surface area (Å²) in [7, 11) is 1.89. The minimum absolute atomic E-state index is 0.461. The summed E-state index contributed by atoms with van der Waals surface area (Å²) < 4.78 is 5.16. The Morgan fingerprint density at radius 1 is 1.73 bits per heavy atom. The van der Waals surface area contributed by atoms with Crippen molar-refractivity contribution in [1.29, 1.82) is 0 Å². The first-order chi connectivity index (χ1) is 5.04. The summed E-state index contributed by atoms with van der Waals surface area (Å²) >= 11 is 0. The number of rotatable bonds is 1. The van der Waals surface area contributed by atoms with Crippen LogP contribution in [0.4, 0.5) is 0 Å². The fraction of sp³-hybridized carbons (Fsp3) is 0.857. The van der Waals surface area contributed by atoms with Crippen LogP contribution in [0.3, 0.4) is 0 Å². The molecule has 1 saturated heterocycles. The molecule has 4 nitrogen and oxygen atoms in total. The quantitative estimate of drug-likeness (QED) is 0.575. The lowest BCUT2D eigenvalue weighted by atomic mass is 10.1. The van der Waals surface area contributed by atoms with E-state index in [1.54, 1.807) is 6.92 Å².